The standard InChI is InChI=1S/C16H17N3O5S2/c20-15-14-12(4-8-25-14)18-16(21)19(15)6-5-17-26(22,23)11-1-2-13-10(9-11)3-7-24-13/h1-2,4,8-9,12,14,17H,3,5-7H2,(H,18,21). The van der Waals surface area contributed by atoms with Gasteiger partial charge in [-0.05, 0) is 29.2 Å². The number of urea groups is 1. The quantitative estimate of drug-likeness (QED) is 0.750. The minimum Gasteiger partial charge on any atom is -0.493 e. The largest absolute Gasteiger partial charge is 0.493 e. The van der Waals surface area contributed by atoms with Gasteiger partial charge in [0.15, 0.2) is 0 Å². The zero-order valence-electron chi connectivity index (χ0n) is 13.7. The van der Waals surface area contributed by atoms with Crippen molar-refractivity contribution in [1.82, 2.24) is 14.9 Å². The first-order valence-corrected chi connectivity index (χ1v) is 10.6. The van der Waals surface area contributed by atoms with Crippen molar-refractivity contribution in [3.8, 4) is 5.75 Å². The van der Waals surface area contributed by atoms with E-state index in [0.29, 0.717) is 18.8 Å². The summed E-state index contributed by atoms with van der Waals surface area (Å²) in [6.07, 6.45) is 2.46. The second-order valence-electron chi connectivity index (χ2n) is 6.12. The molecule has 0 radical (unpaired) electrons. The summed E-state index contributed by atoms with van der Waals surface area (Å²) in [4.78, 5) is 25.6. The fourth-order valence-corrected chi connectivity index (χ4v) is 5.20. The molecule has 3 amide bonds. The lowest BCUT2D eigenvalue weighted by Crippen LogP contribution is -2.61. The molecule has 2 N–H and O–H groups in total. The van der Waals surface area contributed by atoms with Crippen molar-refractivity contribution in [2.45, 2.75) is 22.6 Å². The van der Waals surface area contributed by atoms with Gasteiger partial charge in [0.1, 0.15) is 11.0 Å². The smallest absolute Gasteiger partial charge is 0.324 e. The Kier molecular flexibility index (Phi) is 4.41. The van der Waals surface area contributed by atoms with E-state index in [0.717, 1.165) is 10.5 Å². The first-order chi connectivity index (χ1) is 12.5. The summed E-state index contributed by atoms with van der Waals surface area (Å²) < 4.78 is 32.7. The van der Waals surface area contributed by atoms with Gasteiger partial charge >= 0.3 is 6.03 Å². The van der Waals surface area contributed by atoms with Crippen LogP contribution in [0.25, 0.3) is 0 Å². The normalized spacial score (nSPS) is 24.2. The third kappa shape index (κ3) is 3.08. The van der Waals surface area contributed by atoms with Crippen molar-refractivity contribution in [3.63, 3.8) is 0 Å². The number of thioether (sulfide) groups is 1. The number of nitrogens with zero attached hydrogens (tertiary/aromatic N) is 1. The number of hydrogen-bond donors (Lipinski definition) is 2. The van der Waals surface area contributed by atoms with Gasteiger partial charge in [0.25, 0.3) is 0 Å². The molecule has 2 unspecified atom stereocenters. The molecule has 2 atom stereocenters. The van der Waals surface area contributed by atoms with Crippen LogP contribution in [0.5, 0.6) is 5.75 Å². The summed E-state index contributed by atoms with van der Waals surface area (Å²) in [5.41, 5.74) is 0.857. The fraction of sp³-hybridized carbons (Fsp3) is 0.375. The van der Waals surface area contributed by atoms with Gasteiger partial charge in [-0.1, -0.05) is 6.08 Å². The van der Waals surface area contributed by atoms with Crippen LogP contribution in [-0.4, -0.2) is 56.2 Å². The van der Waals surface area contributed by atoms with Gasteiger partial charge < -0.3 is 10.1 Å². The van der Waals surface area contributed by atoms with Crippen LogP contribution in [0.3, 0.4) is 0 Å². The number of fused-ring (bicyclic) bond motifs is 2. The number of rotatable bonds is 5. The number of carbonyl (C=O) groups excluding carboxylic acids is 2. The van der Waals surface area contributed by atoms with Crippen molar-refractivity contribution in [2.75, 3.05) is 19.7 Å². The molecule has 3 aliphatic rings. The molecule has 1 fully saturated rings. The lowest BCUT2D eigenvalue weighted by molar-refractivity contribution is -0.129. The molecule has 10 heteroatoms. The maximum atomic E-state index is 12.4. The second kappa shape index (κ2) is 6.60. The van der Waals surface area contributed by atoms with Crippen molar-refractivity contribution in [2.24, 2.45) is 0 Å². The molecule has 8 nitrogen and oxygen atoms in total. The summed E-state index contributed by atoms with van der Waals surface area (Å²) in [6, 6.07) is 3.92. The summed E-state index contributed by atoms with van der Waals surface area (Å²) in [7, 11) is -3.73. The average Bonchev–Trinajstić information content (AvgIpc) is 3.25. The van der Waals surface area contributed by atoms with E-state index in [1.165, 1.54) is 17.8 Å². The molecule has 138 valence electrons. The summed E-state index contributed by atoms with van der Waals surface area (Å²) in [6.45, 7) is 0.472. The van der Waals surface area contributed by atoms with Crippen LogP contribution in [0.4, 0.5) is 4.79 Å². The number of nitrogens with one attached hydrogen (secondary N) is 2. The van der Waals surface area contributed by atoms with E-state index < -0.39 is 16.1 Å². The van der Waals surface area contributed by atoms with E-state index in [-0.39, 0.29) is 35.2 Å². The van der Waals surface area contributed by atoms with E-state index >= 15 is 0 Å². The lowest BCUT2D eigenvalue weighted by atomic mass is 10.1. The molecule has 1 aromatic carbocycles. The van der Waals surface area contributed by atoms with Crippen LogP contribution in [0.2, 0.25) is 0 Å². The first kappa shape index (κ1) is 17.4. The van der Waals surface area contributed by atoms with Crippen molar-refractivity contribution >= 4 is 33.7 Å². The maximum absolute atomic E-state index is 12.4. The third-order valence-electron chi connectivity index (χ3n) is 4.48. The second-order valence-corrected chi connectivity index (χ2v) is 8.94. The highest BCUT2D eigenvalue weighted by Crippen LogP contribution is 2.29. The molecule has 1 saturated heterocycles. The van der Waals surface area contributed by atoms with Crippen molar-refractivity contribution in [3.05, 3.63) is 35.2 Å². The van der Waals surface area contributed by atoms with Crippen LogP contribution in [0, 0.1) is 0 Å². The van der Waals surface area contributed by atoms with Gasteiger partial charge in [-0.25, -0.2) is 17.9 Å². The third-order valence-corrected chi connectivity index (χ3v) is 7.04. The predicted octanol–water partition coefficient (Wildman–Crippen LogP) is 0.449. The molecule has 0 aromatic heterocycles. The van der Waals surface area contributed by atoms with E-state index in [1.54, 1.807) is 23.6 Å². The highest BCUT2D eigenvalue weighted by molar-refractivity contribution is 8.03. The zero-order valence-corrected chi connectivity index (χ0v) is 15.3. The van der Waals surface area contributed by atoms with Crippen LogP contribution in [0.15, 0.2) is 34.6 Å². The molecule has 0 spiro atoms. The molecule has 26 heavy (non-hydrogen) atoms. The van der Waals surface area contributed by atoms with E-state index in [2.05, 4.69) is 10.0 Å². The van der Waals surface area contributed by atoms with Gasteiger partial charge in [0.2, 0.25) is 15.9 Å². The van der Waals surface area contributed by atoms with Gasteiger partial charge in [-0.2, -0.15) is 0 Å². The minimum absolute atomic E-state index is 0.0261. The minimum atomic E-state index is -3.73. The molecule has 0 aliphatic carbocycles. The highest BCUT2D eigenvalue weighted by Gasteiger charge is 2.41. The van der Waals surface area contributed by atoms with Crippen LogP contribution < -0.4 is 14.8 Å². The van der Waals surface area contributed by atoms with Crippen LogP contribution in [-0.2, 0) is 21.2 Å². The van der Waals surface area contributed by atoms with Crippen molar-refractivity contribution < 1.29 is 22.7 Å². The van der Waals surface area contributed by atoms with Crippen molar-refractivity contribution in [1.29, 1.82) is 0 Å². The van der Waals surface area contributed by atoms with Gasteiger partial charge in [-0.3, -0.25) is 9.69 Å². The molecular weight excluding hydrogens is 378 g/mol. The Balaban J connectivity index is 1.39. The van der Waals surface area contributed by atoms with Crippen LogP contribution >= 0.6 is 11.8 Å². The molecule has 1 aromatic rings. The topological polar surface area (TPSA) is 105 Å². The Morgan fingerprint density at radius 1 is 1.35 bits per heavy atom. The molecule has 0 saturated carbocycles. The number of imide groups is 1. The Morgan fingerprint density at radius 2 is 2.19 bits per heavy atom. The number of amides is 3. The Morgan fingerprint density at radius 3 is 3.04 bits per heavy atom. The number of benzene rings is 1. The number of sulfonamides is 1. The Bertz CT molecular complexity index is 899. The SMILES string of the molecule is O=C1NC2C=CSC2C(=O)N1CCNS(=O)(=O)c1ccc2c(c1)CCO2. The van der Waals surface area contributed by atoms with E-state index in [9.17, 15) is 18.0 Å². The summed E-state index contributed by atoms with van der Waals surface area (Å²) in [5.74, 6) is 0.402. The Labute approximate surface area is 155 Å². The summed E-state index contributed by atoms with van der Waals surface area (Å²) in [5, 5.41) is 4.15. The Hall–Kier alpha value is -2.04. The first-order valence-electron chi connectivity index (χ1n) is 8.15. The predicted molar refractivity (Wildman–Crippen MR) is 95.4 cm³/mol. The van der Waals surface area contributed by atoms with Gasteiger partial charge in [0, 0.05) is 19.5 Å². The number of carbonyl (C=O) groups is 2. The molecular formula is C16H17N3O5S2. The maximum Gasteiger partial charge on any atom is 0.324 e. The molecule has 3 aliphatic heterocycles. The number of hydrogen-bond acceptors (Lipinski definition) is 6. The molecule has 0 bridgehead atoms. The zero-order chi connectivity index (χ0) is 18.3. The van der Waals surface area contributed by atoms with Gasteiger partial charge in [0.05, 0.1) is 17.5 Å². The molecule has 3 heterocycles. The number of ether oxygens (including phenoxy) is 1. The molecule has 4 rings (SSSR count). The fourth-order valence-electron chi connectivity index (χ4n) is 3.13. The average molecular weight is 395 g/mol. The van der Waals surface area contributed by atoms with Crippen LogP contribution in [0.1, 0.15) is 5.56 Å². The summed E-state index contributed by atoms with van der Waals surface area (Å²) >= 11 is 1.35. The lowest BCUT2D eigenvalue weighted by Gasteiger charge is -2.33. The highest BCUT2D eigenvalue weighted by atomic mass is 32.2. The monoisotopic (exact) mass is 395 g/mol. The van der Waals surface area contributed by atoms with E-state index in [1.807, 2.05) is 0 Å². The van der Waals surface area contributed by atoms with E-state index in [4.69, 9.17) is 4.74 Å². The van der Waals surface area contributed by atoms with Gasteiger partial charge in [-0.15, -0.1) is 11.8 Å².